The molecule has 3 rings (SSSR count). The maximum atomic E-state index is 12.8. The molecule has 0 aliphatic carbocycles. The molecular formula is C21H27ClN2O. The molecule has 1 heterocycles. The minimum Gasteiger partial charge on any atom is -0.338 e. The number of amides is 1. The molecule has 1 aliphatic heterocycles. The number of piperidine rings is 1. The number of rotatable bonds is 4. The molecule has 0 radical (unpaired) electrons. The fourth-order valence-electron chi connectivity index (χ4n) is 3.74. The van der Waals surface area contributed by atoms with E-state index in [0.29, 0.717) is 18.4 Å². The van der Waals surface area contributed by atoms with Gasteiger partial charge in [0.25, 0.3) is 5.91 Å². The molecule has 3 nitrogen and oxygen atoms in total. The van der Waals surface area contributed by atoms with Gasteiger partial charge in [-0.05, 0) is 41.5 Å². The molecule has 1 fully saturated rings. The maximum absolute atomic E-state index is 12.8. The Labute approximate surface area is 156 Å². The van der Waals surface area contributed by atoms with Gasteiger partial charge in [0, 0.05) is 25.2 Å². The monoisotopic (exact) mass is 358 g/mol. The first-order valence-corrected chi connectivity index (χ1v) is 8.86. The SMILES string of the molecule is CCC1CN(C(=O)c2ccc(CN)cc2)CCC1c1ccccc1.Cl. The quantitative estimate of drug-likeness (QED) is 0.889. The Morgan fingerprint density at radius 1 is 1.12 bits per heavy atom. The average Bonchev–Trinajstić information content (AvgIpc) is 2.67. The number of nitrogens with two attached hydrogens (primary N) is 1. The zero-order chi connectivity index (χ0) is 16.9. The van der Waals surface area contributed by atoms with Crippen LogP contribution in [0.1, 0.15) is 47.2 Å². The van der Waals surface area contributed by atoms with Crippen LogP contribution in [0.25, 0.3) is 0 Å². The van der Waals surface area contributed by atoms with Gasteiger partial charge in [-0.3, -0.25) is 4.79 Å². The van der Waals surface area contributed by atoms with E-state index in [1.54, 1.807) is 0 Å². The van der Waals surface area contributed by atoms with Gasteiger partial charge in [-0.25, -0.2) is 0 Å². The van der Waals surface area contributed by atoms with Crippen LogP contribution >= 0.6 is 12.4 Å². The third-order valence-corrected chi connectivity index (χ3v) is 5.21. The highest BCUT2D eigenvalue weighted by atomic mass is 35.5. The molecule has 2 atom stereocenters. The zero-order valence-corrected chi connectivity index (χ0v) is 15.5. The number of nitrogens with zero attached hydrogens (tertiary/aromatic N) is 1. The van der Waals surface area contributed by atoms with E-state index in [9.17, 15) is 4.79 Å². The molecule has 0 saturated carbocycles. The van der Waals surface area contributed by atoms with Crippen LogP contribution in [0, 0.1) is 5.92 Å². The molecule has 134 valence electrons. The highest BCUT2D eigenvalue weighted by Gasteiger charge is 2.31. The molecular weight excluding hydrogens is 332 g/mol. The first kappa shape index (κ1) is 19.5. The number of halogens is 1. The molecule has 1 aliphatic rings. The standard InChI is InChI=1S/C21H26N2O.ClH/c1-2-17-15-23(13-12-20(17)18-6-4-3-5-7-18)21(24)19-10-8-16(14-22)9-11-19;/h3-11,17,20H,2,12-15,22H2,1H3;1H. The largest absolute Gasteiger partial charge is 0.338 e. The highest BCUT2D eigenvalue weighted by Crippen LogP contribution is 2.35. The molecule has 2 N–H and O–H groups in total. The summed E-state index contributed by atoms with van der Waals surface area (Å²) in [5.74, 6) is 1.22. The van der Waals surface area contributed by atoms with Crippen molar-refractivity contribution in [1.82, 2.24) is 4.90 Å². The lowest BCUT2D eigenvalue weighted by atomic mass is 9.79. The van der Waals surface area contributed by atoms with Crippen molar-refractivity contribution in [2.24, 2.45) is 11.7 Å². The predicted octanol–water partition coefficient (Wildman–Crippen LogP) is 4.22. The number of hydrogen-bond acceptors (Lipinski definition) is 2. The number of hydrogen-bond donors (Lipinski definition) is 1. The fraction of sp³-hybridized carbons (Fsp3) is 0.381. The Morgan fingerprint density at radius 2 is 1.80 bits per heavy atom. The van der Waals surface area contributed by atoms with Crippen LogP contribution in [0.5, 0.6) is 0 Å². The van der Waals surface area contributed by atoms with Crippen molar-refractivity contribution in [2.45, 2.75) is 32.2 Å². The smallest absolute Gasteiger partial charge is 0.253 e. The summed E-state index contributed by atoms with van der Waals surface area (Å²) < 4.78 is 0. The first-order chi connectivity index (χ1) is 11.7. The lowest BCUT2D eigenvalue weighted by Crippen LogP contribution is -2.42. The van der Waals surface area contributed by atoms with Crippen molar-refractivity contribution in [3.63, 3.8) is 0 Å². The molecule has 0 spiro atoms. The van der Waals surface area contributed by atoms with Crippen molar-refractivity contribution in [3.05, 3.63) is 71.3 Å². The average molecular weight is 359 g/mol. The lowest BCUT2D eigenvalue weighted by molar-refractivity contribution is 0.0645. The second-order valence-electron chi connectivity index (χ2n) is 6.63. The second kappa shape index (κ2) is 9.02. The Bertz CT molecular complexity index is 672. The highest BCUT2D eigenvalue weighted by molar-refractivity contribution is 5.94. The van der Waals surface area contributed by atoms with Crippen molar-refractivity contribution in [1.29, 1.82) is 0 Å². The third kappa shape index (κ3) is 4.42. The summed E-state index contributed by atoms with van der Waals surface area (Å²) in [6.07, 6.45) is 2.13. The summed E-state index contributed by atoms with van der Waals surface area (Å²) in [7, 11) is 0. The van der Waals surface area contributed by atoms with E-state index in [4.69, 9.17) is 5.73 Å². The van der Waals surface area contributed by atoms with E-state index >= 15 is 0 Å². The summed E-state index contributed by atoms with van der Waals surface area (Å²) in [4.78, 5) is 14.8. The van der Waals surface area contributed by atoms with Gasteiger partial charge in [-0.15, -0.1) is 12.4 Å². The normalized spacial score (nSPS) is 20.0. The summed E-state index contributed by atoms with van der Waals surface area (Å²) in [5, 5.41) is 0. The van der Waals surface area contributed by atoms with Crippen molar-refractivity contribution in [2.75, 3.05) is 13.1 Å². The number of likely N-dealkylation sites (tertiary alicyclic amines) is 1. The van der Waals surface area contributed by atoms with E-state index in [1.807, 2.05) is 29.2 Å². The molecule has 1 saturated heterocycles. The van der Waals surface area contributed by atoms with Crippen LogP contribution < -0.4 is 5.73 Å². The van der Waals surface area contributed by atoms with Gasteiger partial charge in [0.15, 0.2) is 0 Å². The molecule has 0 bridgehead atoms. The van der Waals surface area contributed by atoms with Gasteiger partial charge in [-0.1, -0.05) is 55.8 Å². The Balaban J connectivity index is 0.00000225. The van der Waals surface area contributed by atoms with Gasteiger partial charge < -0.3 is 10.6 Å². The molecule has 25 heavy (non-hydrogen) atoms. The number of benzene rings is 2. The van der Waals surface area contributed by atoms with Crippen LogP contribution in [-0.4, -0.2) is 23.9 Å². The van der Waals surface area contributed by atoms with Crippen molar-refractivity contribution < 1.29 is 4.79 Å². The molecule has 1 amide bonds. The van der Waals surface area contributed by atoms with E-state index in [0.717, 1.165) is 37.1 Å². The summed E-state index contributed by atoms with van der Waals surface area (Å²) in [6, 6.07) is 18.4. The summed E-state index contributed by atoms with van der Waals surface area (Å²) in [5.41, 5.74) is 8.86. The van der Waals surface area contributed by atoms with Crippen LogP contribution in [0.3, 0.4) is 0 Å². The van der Waals surface area contributed by atoms with E-state index in [-0.39, 0.29) is 18.3 Å². The van der Waals surface area contributed by atoms with Crippen LogP contribution in [-0.2, 0) is 6.54 Å². The van der Waals surface area contributed by atoms with Gasteiger partial charge in [0.05, 0.1) is 0 Å². The fourth-order valence-corrected chi connectivity index (χ4v) is 3.74. The van der Waals surface area contributed by atoms with E-state index in [2.05, 4.69) is 37.3 Å². The minimum absolute atomic E-state index is 0. The molecule has 2 unspecified atom stereocenters. The Hall–Kier alpha value is -1.84. The summed E-state index contributed by atoms with van der Waals surface area (Å²) in [6.45, 7) is 4.40. The Kier molecular flexibility index (Phi) is 7.03. The van der Waals surface area contributed by atoms with E-state index in [1.165, 1.54) is 5.56 Å². The van der Waals surface area contributed by atoms with Crippen molar-refractivity contribution >= 4 is 18.3 Å². The third-order valence-electron chi connectivity index (χ3n) is 5.21. The van der Waals surface area contributed by atoms with Crippen LogP contribution in [0.4, 0.5) is 0 Å². The maximum Gasteiger partial charge on any atom is 0.253 e. The van der Waals surface area contributed by atoms with Crippen LogP contribution in [0.15, 0.2) is 54.6 Å². The first-order valence-electron chi connectivity index (χ1n) is 8.86. The zero-order valence-electron chi connectivity index (χ0n) is 14.7. The van der Waals surface area contributed by atoms with Gasteiger partial charge in [-0.2, -0.15) is 0 Å². The minimum atomic E-state index is 0. The molecule has 0 aromatic heterocycles. The lowest BCUT2D eigenvalue weighted by Gasteiger charge is -2.38. The topological polar surface area (TPSA) is 46.3 Å². The van der Waals surface area contributed by atoms with Gasteiger partial charge in [0.2, 0.25) is 0 Å². The van der Waals surface area contributed by atoms with Gasteiger partial charge in [0.1, 0.15) is 0 Å². The van der Waals surface area contributed by atoms with E-state index < -0.39 is 0 Å². The van der Waals surface area contributed by atoms with Gasteiger partial charge >= 0.3 is 0 Å². The Morgan fingerprint density at radius 3 is 2.40 bits per heavy atom. The molecule has 4 heteroatoms. The number of carbonyl (C=O) groups is 1. The predicted molar refractivity (Wildman–Crippen MR) is 105 cm³/mol. The van der Waals surface area contributed by atoms with Crippen LogP contribution in [0.2, 0.25) is 0 Å². The molecule has 2 aromatic carbocycles. The number of carbonyl (C=O) groups excluding carboxylic acids is 1. The van der Waals surface area contributed by atoms with Crippen molar-refractivity contribution in [3.8, 4) is 0 Å². The summed E-state index contributed by atoms with van der Waals surface area (Å²) >= 11 is 0. The second-order valence-corrected chi connectivity index (χ2v) is 6.63. The molecule has 2 aromatic rings.